The van der Waals surface area contributed by atoms with E-state index in [4.69, 9.17) is 4.74 Å². The molecule has 1 atom stereocenters. The molecule has 1 amide bonds. The normalized spacial score (nSPS) is 15.9. The van der Waals surface area contributed by atoms with Crippen molar-refractivity contribution in [3.63, 3.8) is 0 Å². The zero-order valence-corrected chi connectivity index (χ0v) is 18.6. The molecular formula is C19H22F3N5O5S. The van der Waals surface area contributed by atoms with Crippen molar-refractivity contribution in [2.24, 2.45) is 0 Å². The number of piperazine rings is 1. The highest BCUT2D eigenvalue weighted by Crippen LogP contribution is 2.27. The summed E-state index contributed by atoms with van der Waals surface area (Å²) in [7, 11) is -3.40. The maximum absolute atomic E-state index is 12.9. The van der Waals surface area contributed by atoms with Gasteiger partial charge in [0, 0.05) is 45.1 Å². The smallest absolute Gasteiger partial charge is 0.421 e. The van der Waals surface area contributed by atoms with Gasteiger partial charge in [-0.25, -0.2) is 23.2 Å². The van der Waals surface area contributed by atoms with Crippen LogP contribution in [-0.2, 0) is 27.2 Å². The van der Waals surface area contributed by atoms with Crippen molar-refractivity contribution in [3.05, 3.63) is 46.1 Å². The molecule has 10 nitrogen and oxygen atoms in total. The number of ether oxygens (including phenoxy) is 1. The Balaban J connectivity index is 1.53. The first-order valence-corrected chi connectivity index (χ1v) is 11.7. The number of alkyl halides is 3. The van der Waals surface area contributed by atoms with Crippen LogP contribution in [0, 0.1) is 0 Å². The van der Waals surface area contributed by atoms with E-state index in [1.807, 2.05) is 0 Å². The number of nitrogens with one attached hydrogen (secondary N) is 1. The van der Waals surface area contributed by atoms with E-state index in [1.54, 1.807) is 11.8 Å². The number of hydrogen-bond acceptors (Lipinski definition) is 8. The van der Waals surface area contributed by atoms with E-state index in [1.165, 1.54) is 17.3 Å². The van der Waals surface area contributed by atoms with E-state index >= 15 is 0 Å². The van der Waals surface area contributed by atoms with Gasteiger partial charge in [-0.1, -0.05) is 0 Å². The average molecular weight is 489 g/mol. The molecule has 0 saturated carbocycles. The summed E-state index contributed by atoms with van der Waals surface area (Å²) < 4.78 is 67.0. The number of aromatic nitrogens is 3. The van der Waals surface area contributed by atoms with Crippen LogP contribution in [0.1, 0.15) is 18.1 Å². The van der Waals surface area contributed by atoms with Gasteiger partial charge in [-0.05, 0) is 18.6 Å². The second-order valence-electron chi connectivity index (χ2n) is 7.61. The second-order valence-corrected chi connectivity index (χ2v) is 9.63. The minimum absolute atomic E-state index is 0.00676. The molecule has 0 bridgehead atoms. The number of carbonyl (C=O) groups is 1. The third-order valence-corrected chi connectivity index (χ3v) is 6.02. The third kappa shape index (κ3) is 6.21. The molecular weight excluding hydrogens is 467 g/mol. The highest BCUT2D eigenvalue weighted by Gasteiger charge is 2.34. The minimum atomic E-state index is -4.78. The van der Waals surface area contributed by atoms with Crippen molar-refractivity contribution in [3.8, 4) is 0 Å². The summed E-state index contributed by atoms with van der Waals surface area (Å²) in [5, 5.41) is 0. The standard InChI is InChI=1S/C19H22F3N5O5S/c1-12(7-13-8-15(19(20,21)22)16(28)23-9-13)32-18(29)27-5-3-26(4-6-27)17-24-10-14(11-25-17)33(2,30)31/h8-12H,3-7H2,1-2H3,(H,23,28). The molecule has 33 heavy (non-hydrogen) atoms. The van der Waals surface area contributed by atoms with Crippen molar-refractivity contribution in [1.29, 1.82) is 0 Å². The minimum Gasteiger partial charge on any atom is -0.446 e. The maximum atomic E-state index is 12.9. The number of carbonyl (C=O) groups excluding carboxylic acids is 1. The van der Waals surface area contributed by atoms with Gasteiger partial charge in [0.1, 0.15) is 16.6 Å². The fourth-order valence-electron chi connectivity index (χ4n) is 3.23. The zero-order chi connectivity index (χ0) is 24.4. The lowest BCUT2D eigenvalue weighted by Gasteiger charge is -2.34. The SMILES string of the molecule is CC(Cc1c[nH]c(=O)c(C(F)(F)F)c1)OC(=O)N1CCN(c2ncc(S(C)(=O)=O)cn2)CC1. The van der Waals surface area contributed by atoms with Gasteiger partial charge in [-0.2, -0.15) is 13.2 Å². The molecule has 3 heterocycles. The molecule has 0 spiro atoms. The molecule has 2 aromatic heterocycles. The van der Waals surface area contributed by atoms with Crippen LogP contribution < -0.4 is 10.5 Å². The Hall–Kier alpha value is -3.16. The van der Waals surface area contributed by atoms with Gasteiger partial charge >= 0.3 is 12.3 Å². The Kier molecular flexibility index (Phi) is 6.95. The Morgan fingerprint density at radius 2 is 1.82 bits per heavy atom. The predicted molar refractivity (Wildman–Crippen MR) is 111 cm³/mol. The molecule has 0 aliphatic carbocycles. The number of hydrogen-bond donors (Lipinski definition) is 1. The number of aromatic amines is 1. The van der Waals surface area contributed by atoms with Gasteiger partial charge in [-0.15, -0.1) is 0 Å². The summed E-state index contributed by atoms with van der Waals surface area (Å²) in [6, 6.07) is 0.747. The molecule has 1 aliphatic rings. The molecule has 1 unspecified atom stereocenters. The molecule has 1 N–H and O–H groups in total. The number of amides is 1. The van der Waals surface area contributed by atoms with Crippen molar-refractivity contribution >= 4 is 21.9 Å². The molecule has 0 radical (unpaired) electrons. The quantitative estimate of drug-likeness (QED) is 0.670. The molecule has 2 aromatic rings. The predicted octanol–water partition coefficient (Wildman–Crippen LogP) is 1.48. The van der Waals surface area contributed by atoms with Crippen molar-refractivity contribution in [2.75, 3.05) is 37.3 Å². The first-order valence-electron chi connectivity index (χ1n) is 9.86. The van der Waals surface area contributed by atoms with Crippen LogP contribution in [0.15, 0.2) is 34.3 Å². The van der Waals surface area contributed by atoms with Crippen LogP contribution in [0.3, 0.4) is 0 Å². The first kappa shape index (κ1) is 24.5. The molecule has 3 rings (SSSR count). The molecule has 1 aliphatic heterocycles. The Labute approximate surface area is 187 Å². The lowest BCUT2D eigenvalue weighted by Crippen LogP contribution is -2.50. The summed E-state index contributed by atoms with van der Waals surface area (Å²) in [6.45, 7) is 2.90. The van der Waals surface area contributed by atoms with Gasteiger partial charge in [0.2, 0.25) is 5.95 Å². The zero-order valence-electron chi connectivity index (χ0n) is 17.8. The van der Waals surface area contributed by atoms with Crippen molar-refractivity contribution in [1.82, 2.24) is 19.9 Å². The summed E-state index contributed by atoms with van der Waals surface area (Å²) in [5.74, 6) is 0.335. The maximum Gasteiger partial charge on any atom is 0.421 e. The van der Waals surface area contributed by atoms with E-state index in [0.717, 1.165) is 18.5 Å². The second kappa shape index (κ2) is 9.37. The molecule has 1 saturated heterocycles. The van der Waals surface area contributed by atoms with Gasteiger partial charge in [0.25, 0.3) is 5.56 Å². The molecule has 0 aromatic carbocycles. The monoisotopic (exact) mass is 489 g/mol. The Morgan fingerprint density at radius 1 is 1.21 bits per heavy atom. The lowest BCUT2D eigenvalue weighted by atomic mass is 10.1. The van der Waals surface area contributed by atoms with Crippen LogP contribution >= 0.6 is 0 Å². The number of H-pyrrole nitrogens is 1. The summed E-state index contributed by atoms with van der Waals surface area (Å²) in [6.07, 6.45) is -1.46. The number of pyridine rings is 1. The van der Waals surface area contributed by atoms with Gasteiger partial charge in [0.05, 0.1) is 12.4 Å². The van der Waals surface area contributed by atoms with Crippen molar-refractivity contribution < 1.29 is 31.1 Å². The number of nitrogens with zero attached hydrogens (tertiary/aromatic N) is 4. The van der Waals surface area contributed by atoms with Gasteiger partial charge in [-0.3, -0.25) is 4.79 Å². The van der Waals surface area contributed by atoms with Gasteiger partial charge < -0.3 is 19.5 Å². The number of anilines is 1. The van der Waals surface area contributed by atoms with Gasteiger partial charge in [0.15, 0.2) is 9.84 Å². The van der Waals surface area contributed by atoms with Crippen LogP contribution in [0.2, 0.25) is 0 Å². The fourth-order valence-corrected chi connectivity index (χ4v) is 3.72. The first-order chi connectivity index (χ1) is 15.3. The Bertz CT molecular complexity index is 1160. The fraction of sp³-hybridized carbons (Fsp3) is 0.474. The van der Waals surface area contributed by atoms with E-state index in [-0.39, 0.29) is 16.9 Å². The number of sulfone groups is 1. The third-order valence-electron chi connectivity index (χ3n) is 4.96. The summed E-state index contributed by atoms with van der Waals surface area (Å²) in [4.78, 5) is 37.2. The van der Waals surface area contributed by atoms with E-state index in [2.05, 4.69) is 15.0 Å². The molecule has 14 heteroatoms. The number of rotatable bonds is 5. The largest absolute Gasteiger partial charge is 0.446 e. The summed E-state index contributed by atoms with van der Waals surface area (Å²) >= 11 is 0. The highest BCUT2D eigenvalue weighted by molar-refractivity contribution is 7.90. The van der Waals surface area contributed by atoms with Crippen LogP contribution in [0.5, 0.6) is 0 Å². The van der Waals surface area contributed by atoms with Crippen LogP contribution in [0.25, 0.3) is 0 Å². The van der Waals surface area contributed by atoms with E-state index in [0.29, 0.717) is 32.1 Å². The Morgan fingerprint density at radius 3 is 2.36 bits per heavy atom. The number of halogens is 3. The topological polar surface area (TPSA) is 126 Å². The van der Waals surface area contributed by atoms with Crippen LogP contribution in [0.4, 0.5) is 23.9 Å². The molecule has 1 fully saturated rings. The highest BCUT2D eigenvalue weighted by atomic mass is 32.2. The van der Waals surface area contributed by atoms with Crippen LogP contribution in [-0.4, -0.2) is 72.9 Å². The molecule has 180 valence electrons. The van der Waals surface area contributed by atoms with E-state index in [9.17, 15) is 31.2 Å². The van der Waals surface area contributed by atoms with E-state index < -0.39 is 39.3 Å². The summed E-state index contributed by atoms with van der Waals surface area (Å²) in [5.41, 5.74) is -2.35. The van der Waals surface area contributed by atoms with Crippen molar-refractivity contribution in [2.45, 2.75) is 30.5 Å². The average Bonchev–Trinajstić information content (AvgIpc) is 2.74. The lowest BCUT2D eigenvalue weighted by molar-refractivity contribution is -0.138.